The second-order valence-electron chi connectivity index (χ2n) is 1.89. The van der Waals surface area contributed by atoms with Gasteiger partial charge in [0.15, 0.2) is 0 Å². The Morgan fingerprint density at radius 2 is 2.09 bits per heavy atom. The largest absolute Gasteiger partial charge is 0.212 e. The molecule has 57 valence electrons. The van der Waals surface area contributed by atoms with Crippen LogP contribution in [0.2, 0.25) is 0 Å². The predicted molar refractivity (Wildman–Crippen MR) is 50.5 cm³/mol. The minimum absolute atomic E-state index is 0.371. The molecular weight excluding hydrogens is 176 g/mol. The summed E-state index contributed by atoms with van der Waals surface area (Å²) in [6.45, 7) is 0. The number of hydrogen-bond donors (Lipinski definition) is 0. The van der Waals surface area contributed by atoms with Gasteiger partial charge in [-0.2, -0.15) is 0 Å². The van der Waals surface area contributed by atoms with Crippen LogP contribution in [0.1, 0.15) is 5.56 Å². The van der Waals surface area contributed by atoms with Crippen molar-refractivity contribution in [3.63, 3.8) is 0 Å². The first-order chi connectivity index (χ1) is 5.38. The van der Waals surface area contributed by atoms with E-state index in [2.05, 4.69) is 5.37 Å². The molecular formula is C8H7OS2. The first-order valence-corrected chi connectivity index (χ1v) is 5.03. The van der Waals surface area contributed by atoms with Crippen molar-refractivity contribution in [2.75, 3.05) is 6.26 Å². The van der Waals surface area contributed by atoms with E-state index in [1.165, 1.54) is 0 Å². The SMILES string of the molecule is CSc1ccccc1[C]=S=O. The molecule has 1 rings (SSSR count). The summed E-state index contributed by atoms with van der Waals surface area (Å²) in [5, 5.41) is 2.67. The van der Waals surface area contributed by atoms with E-state index < -0.39 is 0 Å². The number of rotatable bonds is 2. The molecule has 0 unspecified atom stereocenters. The van der Waals surface area contributed by atoms with Gasteiger partial charge in [-0.05, 0) is 12.3 Å². The topological polar surface area (TPSA) is 17.1 Å². The van der Waals surface area contributed by atoms with Crippen LogP contribution in [0.4, 0.5) is 0 Å². The standard InChI is InChI=1S/C8H7OS2/c1-10-8-5-3-2-4-7(8)6-11-9/h2-5H,1H3. The van der Waals surface area contributed by atoms with E-state index in [0.29, 0.717) is 11.3 Å². The molecule has 0 N–H and O–H groups in total. The highest BCUT2D eigenvalue weighted by Crippen LogP contribution is 2.17. The molecule has 0 aromatic heterocycles. The van der Waals surface area contributed by atoms with Crippen LogP contribution in [0.25, 0.3) is 0 Å². The van der Waals surface area contributed by atoms with E-state index in [1.807, 2.05) is 30.5 Å². The summed E-state index contributed by atoms with van der Waals surface area (Å²) in [5.74, 6) is 0. The molecule has 0 spiro atoms. The molecule has 1 nitrogen and oxygen atoms in total. The number of benzene rings is 1. The normalized spacial score (nSPS) is 9.18. The van der Waals surface area contributed by atoms with Crippen molar-refractivity contribution >= 4 is 28.4 Å². The third kappa shape index (κ3) is 2.20. The van der Waals surface area contributed by atoms with Crippen LogP contribution in [0, 0.1) is 0 Å². The molecule has 1 aromatic carbocycles. The fourth-order valence-corrected chi connectivity index (χ4v) is 1.66. The van der Waals surface area contributed by atoms with Crippen LogP contribution in [0.3, 0.4) is 0 Å². The Morgan fingerprint density at radius 3 is 2.73 bits per heavy atom. The molecule has 0 heterocycles. The van der Waals surface area contributed by atoms with Gasteiger partial charge in [0, 0.05) is 10.5 Å². The summed E-state index contributed by atoms with van der Waals surface area (Å²) < 4.78 is 10.2. The Morgan fingerprint density at radius 1 is 1.36 bits per heavy atom. The van der Waals surface area contributed by atoms with Gasteiger partial charge in [0.1, 0.15) is 0 Å². The second-order valence-corrected chi connectivity index (χ2v) is 3.10. The summed E-state index contributed by atoms with van der Waals surface area (Å²) in [5.41, 5.74) is 0.889. The fraction of sp³-hybridized carbons (Fsp3) is 0.125. The highest BCUT2D eigenvalue weighted by atomic mass is 32.2. The molecule has 1 radical (unpaired) electrons. The van der Waals surface area contributed by atoms with E-state index in [4.69, 9.17) is 0 Å². The summed E-state index contributed by atoms with van der Waals surface area (Å²) >= 11 is 1.99. The second kappa shape index (κ2) is 4.36. The molecule has 0 amide bonds. The third-order valence-corrected chi connectivity index (χ3v) is 2.36. The maximum atomic E-state index is 10.2. The molecule has 0 atom stereocenters. The number of thioether (sulfide) groups is 1. The van der Waals surface area contributed by atoms with Crippen molar-refractivity contribution in [2.24, 2.45) is 0 Å². The third-order valence-electron chi connectivity index (χ3n) is 1.26. The van der Waals surface area contributed by atoms with E-state index in [-0.39, 0.29) is 0 Å². The summed E-state index contributed by atoms with van der Waals surface area (Å²) in [7, 11) is 0. The van der Waals surface area contributed by atoms with Crippen molar-refractivity contribution in [1.82, 2.24) is 0 Å². The van der Waals surface area contributed by atoms with Gasteiger partial charge in [-0.3, -0.25) is 0 Å². The van der Waals surface area contributed by atoms with Crippen molar-refractivity contribution in [3.05, 3.63) is 29.8 Å². The summed E-state index contributed by atoms with van der Waals surface area (Å²) in [4.78, 5) is 1.09. The zero-order valence-electron chi connectivity index (χ0n) is 6.03. The lowest BCUT2D eigenvalue weighted by atomic mass is 10.2. The van der Waals surface area contributed by atoms with Crippen LogP contribution < -0.4 is 0 Å². The van der Waals surface area contributed by atoms with Crippen molar-refractivity contribution in [2.45, 2.75) is 4.90 Å². The van der Waals surface area contributed by atoms with Crippen molar-refractivity contribution < 1.29 is 4.21 Å². The zero-order chi connectivity index (χ0) is 8.10. The lowest BCUT2D eigenvalue weighted by Gasteiger charge is -1.97. The lowest BCUT2D eigenvalue weighted by molar-refractivity contribution is 0.701. The fourth-order valence-electron chi connectivity index (χ4n) is 0.774. The number of hydrogen-bond acceptors (Lipinski definition) is 2. The minimum atomic E-state index is 0.371. The van der Waals surface area contributed by atoms with Gasteiger partial charge in [-0.25, -0.2) is 4.21 Å². The van der Waals surface area contributed by atoms with E-state index in [9.17, 15) is 4.21 Å². The lowest BCUT2D eigenvalue weighted by Crippen LogP contribution is -1.82. The average molecular weight is 183 g/mol. The van der Waals surface area contributed by atoms with Gasteiger partial charge in [-0.1, -0.05) is 18.2 Å². The Hall–Kier alpha value is -0.540. The Labute approximate surface area is 73.9 Å². The molecule has 0 saturated heterocycles. The molecule has 0 fully saturated rings. The molecule has 0 saturated carbocycles. The van der Waals surface area contributed by atoms with Crippen LogP contribution in [0.5, 0.6) is 0 Å². The van der Waals surface area contributed by atoms with E-state index >= 15 is 0 Å². The molecule has 1 aromatic rings. The quantitative estimate of drug-likeness (QED) is 0.512. The van der Waals surface area contributed by atoms with Crippen LogP contribution >= 0.6 is 11.8 Å². The summed E-state index contributed by atoms with van der Waals surface area (Å²) in [6.07, 6.45) is 1.98. The molecule has 0 bridgehead atoms. The summed E-state index contributed by atoms with van der Waals surface area (Å²) in [6, 6.07) is 7.71. The van der Waals surface area contributed by atoms with Crippen molar-refractivity contribution in [3.8, 4) is 0 Å². The molecule has 0 aliphatic heterocycles. The Bertz CT molecular complexity index is 290. The zero-order valence-corrected chi connectivity index (χ0v) is 7.67. The maximum Gasteiger partial charge on any atom is 0.0988 e. The van der Waals surface area contributed by atoms with Crippen LogP contribution in [-0.2, 0) is 11.3 Å². The first kappa shape index (κ1) is 8.56. The minimum Gasteiger partial charge on any atom is -0.212 e. The Kier molecular flexibility index (Phi) is 3.39. The maximum absolute atomic E-state index is 10.2. The van der Waals surface area contributed by atoms with Crippen LogP contribution in [-0.4, -0.2) is 15.8 Å². The first-order valence-electron chi connectivity index (χ1n) is 3.06. The monoisotopic (exact) mass is 183 g/mol. The van der Waals surface area contributed by atoms with Crippen LogP contribution in [0.15, 0.2) is 29.2 Å². The highest BCUT2D eigenvalue weighted by Gasteiger charge is 1.95. The van der Waals surface area contributed by atoms with Gasteiger partial charge in [0.2, 0.25) is 0 Å². The van der Waals surface area contributed by atoms with Gasteiger partial charge in [-0.15, -0.1) is 11.8 Å². The average Bonchev–Trinajstić information content (AvgIpc) is 2.06. The van der Waals surface area contributed by atoms with E-state index in [0.717, 1.165) is 10.5 Å². The van der Waals surface area contributed by atoms with E-state index in [1.54, 1.807) is 11.8 Å². The molecule has 0 aliphatic rings. The molecule has 3 heteroatoms. The van der Waals surface area contributed by atoms with Crippen molar-refractivity contribution in [1.29, 1.82) is 0 Å². The van der Waals surface area contributed by atoms with Gasteiger partial charge < -0.3 is 0 Å². The van der Waals surface area contributed by atoms with Gasteiger partial charge in [0.05, 0.1) is 16.6 Å². The Balaban J connectivity index is 3.11. The smallest absolute Gasteiger partial charge is 0.0988 e. The predicted octanol–water partition coefficient (Wildman–Crippen LogP) is 1.65. The highest BCUT2D eigenvalue weighted by molar-refractivity contribution is 7.98. The molecule has 11 heavy (non-hydrogen) atoms. The van der Waals surface area contributed by atoms with Gasteiger partial charge >= 0.3 is 0 Å². The van der Waals surface area contributed by atoms with Gasteiger partial charge in [0.25, 0.3) is 0 Å². The molecule has 0 aliphatic carbocycles.